The summed E-state index contributed by atoms with van der Waals surface area (Å²) in [6.07, 6.45) is 8.13. The number of aromatic nitrogens is 2. The number of likely N-dealkylation sites (N-methyl/N-ethyl adjacent to an activating group) is 1. The Morgan fingerprint density at radius 3 is 2.45 bits per heavy atom. The summed E-state index contributed by atoms with van der Waals surface area (Å²) in [6, 6.07) is 1.07. The molecule has 1 aliphatic carbocycles. The number of aryl methyl sites for hydroxylation is 1. The second-order valence-electron chi connectivity index (χ2n) is 6.95. The lowest BCUT2D eigenvalue weighted by molar-refractivity contribution is 0.216. The molecule has 0 radical (unpaired) electrons. The van der Waals surface area contributed by atoms with E-state index in [0.717, 1.165) is 18.4 Å². The third kappa shape index (κ3) is 4.06. The van der Waals surface area contributed by atoms with Crippen LogP contribution >= 0.6 is 0 Å². The largest absolute Gasteiger partial charge is 0.312 e. The number of rotatable bonds is 5. The van der Waals surface area contributed by atoms with E-state index >= 15 is 0 Å². The van der Waals surface area contributed by atoms with Crippen LogP contribution in [0.4, 0.5) is 0 Å². The zero-order valence-electron chi connectivity index (χ0n) is 13.6. The Morgan fingerprint density at radius 2 is 1.95 bits per heavy atom. The van der Waals surface area contributed by atoms with Crippen molar-refractivity contribution in [3.8, 4) is 0 Å². The lowest BCUT2D eigenvalue weighted by Crippen LogP contribution is -2.40. The molecule has 0 spiro atoms. The van der Waals surface area contributed by atoms with Crippen molar-refractivity contribution < 1.29 is 0 Å². The molecule has 2 rings (SSSR count). The van der Waals surface area contributed by atoms with Crippen molar-refractivity contribution in [2.45, 2.75) is 45.2 Å². The second-order valence-corrected chi connectivity index (χ2v) is 6.95. The molecule has 4 heteroatoms. The SMILES string of the molecule is CC1CC(C)CC(NCC(c2cnn(C)c2)N(C)C)C1. The van der Waals surface area contributed by atoms with Gasteiger partial charge in [-0.1, -0.05) is 13.8 Å². The van der Waals surface area contributed by atoms with Crippen LogP contribution < -0.4 is 5.32 Å². The molecule has 1 N–H and O–H groups in total. The summed E-state index contributed by atoms with van der Waals surface area (Å²) >= 11 is 0. The number of nitrogens with zero attached hydrogens (tertiary/aromatic N) is 3. The summed E-state index contributed by atoms with van der Waals surface area (Å²) in [7, 11) is 6.27. The molecule has 0 amide bonds. The first-order chi connectivity index (χ1) is 9.45. The minimum absolute atomic E-state index is 0.399. The van der Waals surface area contributed by atoms with Crippen molar-refractivity contribution in [2.75, 3.05) is 20.6 Å². The molecular formula is C16H30N4. The monoisotopic (exact) mass is 278 g/mol. The van der Waals surface area contributed by atoms with Gasteiger partial charge in [-0.05, 0) is 45.2 Å². The average Bonchev–Trinajstić information content (AvgIpc) is 2.74. The fraction of sp³-hybridized carbons (Fsp3) is 0.812. The molecule has 114 valence electrons. The van der Waals surface area contributed by atoms with Crippen molar-refractivity contribution in [3.63, 3.8) is 0 Å². The minimum atomic E-state index is 0.399. The van der Waals surface area contributed by atoms with E-state index < -0.39 is 0 Å². The van der Waals surface area contributed by atoms with Crippen LogP contribution in [0, 0.1) is 11.8 Å². The Kier molecular flexibility index (Phi) is 5.22. The van der Waals surface area contributed by atoms with E-state index in [-0.39, 0.29) is 0 Å². The topological polar surface area (TPSA) is 33.1 Å². The maximum absolute atomic E-state index is 4.30. The Balaban J connectivity index is 1.92. The van der Waals surface area contributed by atoms with Crippen molar-refractivity contribution in [1.29, 1.82) is 0 Å². The fourth-order valence-corrected chi connectivity index (χ4v) is 3.60. The van der Waals surface area contributed by atoms with E-state index in [1.807, 2.05) is 17.9 Å². The van der Waals surface area contributed by atoms with Gasteiger partial charge in [0.1, 0.15) is 0 Å². The van der Waals surface area contributed by atoms with Crippen molar-refractivity contribution in [2.24, 2.45) is 18.9 Å². The molecule has 1 aromatic rings. The van der Waals surface area contributed by atoms with Gasteiger partial charge in [-0.3, -0.25) is 4.68 Å². The van der Waals surface area contributed by atoms with Gasteiger partial charge in [0.2, 0.25) is 0 Å². The molecule has 1 saturated carbocycles. The number of hydrogen-bond donors (Lipinski definition) is 1. The zero-order chi connectivity index (χ0) is 14.7. The number of hydrogen-bond acceptors (Lipinski definition) is 3. The maximum Gasteiger partial charge on any atom is 0.0538 e. The predicted molar refractivity (Wildman–Crippen MR) is 83.6 cm³/mol. The molecule has 0 aromatic carbocycles. The van der Waals surface area contributed by atoms with Crippen molar-refractivity contribution in [3.05, 3.63) is 18.0 Å². The average molecular weight is 278 g/mol. The van der Waals surface area contributed by atoms with E-state index in [1.54, 1.807) is 0 Å². The van der Waals surface area contributed by atoms with Crippen molar-refractivity contribution in [1.82, 2.24) is 20.0 Å². The normalized spacial score (nSPS) is 28.8. The fourth-order valence-electron chi connectivity index (χ4n) is 3.60. The highest BCUT2D eigenvalue weighted by Crippen LogP contribution is 2.29. The van der Waals surface area contributed by atoms with Crippen LogP contribution in [0.2, 0.25) is 0 Å². The molecule has 3 unspecified atom stereocenters. The molecule has 1 fully saturated rings. The van der Waals surface area contributed by atoms with Crippen LogP contribution in [0.3, 0.4) is 0 Å². The van der Waals surface area contributed by atoms with Gasteiger partial charge in [-0.25, -0.2) is 0 Å². The van der Waals surface area contributed by atoms with Gasteiger partial charge < -0.3 is 10.2 Å². The van der Waals surface area contributed by atoms with Crippen LogP contribution in [0.1, 0.15) is 44.7 Å². The summed E-state index contributed by atoms with van der Waals surface area (Å²) in [5.74, 6) is 1.71. The summed E-state index contributed by atoms with van der Waals surface area (Å²) in [4.78, 5) is 2.28. The molecular weight excluding hydrogens is 248 g/mol. The van der Waals surface area contributed by atoms with Gasteiger partial charge >= 0.3 is 0 Å². The molecule has 1 aliphatic rings. The summed E-state index contributed by atoms with van der Waals surface area (Å²) in [6.45, 7) is 5.77. The van der Waals surface area contributed by atoms with E-state index in [0.29, 0.717) is 12.1 Å². The summed E-state index contributed by atoms with van der Waals surface area (Å²) in [5, 5.41) is 8.09. The van der Waals surface area contributed by atoms with Crippen LogP contribution in [0.15, 0.2) is 12.4 Å². The van der Waals surface area contributed by atoms with E-state index in [9.17, 15) is 0 Å². The van der Waals surface area contributed by atoms with Gasteiger partial charge in [0, 0.05) is 37.4 Å². The Hall–Kier alpha value is -0.870. The van der Waals surface area contributed by atoms with Gasteiger partial charge in [0.15, 0.2) is 0 Å². The maximum atomic E-state index is 4.30. The van der Waals surface area contributed by atoms with Crippen LogP contribution in [0.25, 0.3) is 0 Å². The molecule has 1 heterocycles. The first-order valence-electron chi connectivity index (χ1n) is 7.84. The smallest absolute Gasteiger partial charge is 0.0538 e. The highest BCUT2D eigenvalue weighted by Gasteiger charge is 2.25. The third-order valence-corrected chi connectivity index (χ3v) is 4.51. The molecule has 3 atom stereocenters. The molecule has 0 saturated heterocycles. The van der Waals surface area contributed by atoms with E-state index in [2.05, 4.69) is 49.5 Å². The summed E-state index contributed by atoms with van der Waals surface area (Å²) < 4.78 is 1.89. The first-order valence-corrected chi connectivity index (χ1v) is 7.84. The first kappa shape index (κ1) is 15.5. The lowest BCUT2D eigenvalue weighted by Gasteiger charge is -2.34. The van der Waals surface area contributed by atoms with Crippen molar-refractivity contribution >= 4 is 0 Å². The molecule has 20 heavy (non-hydrogen) atoms. The van der Waals surface area contributed by atoms with Gasteiger partial charge in [0.25, 0.3) is 0 Å². The van der Waals surface area contributed by atoms with E-state index in [1.165, 1.54) is 24.8 Å². The van der Waals surface area contributed by atoms with Crippen LogP contribution in [-0.2, 0) is 7.05 Å². The van der Waals surface area contributed by atoms with Gasteiger partial charge in [-0.2, -0.15) is 5.10 Å². The standard InChI is InChI=1S/C16H30N4/c1-12-6-13(2)8-15(7-12)17-10-16(19(3)4)14-9-18-20(5)11-14/h9,11-13,15-17H,6-8,10H2,1-5H3. The van der Waals surface area contributed by atoms with Crippen LogP contribution in [0.5, 0.6) is 0 Å². The quantitative estimate of drug-likeness (QED) is 0.898. The lowest BCUT2D eigenvalue weighted by atomic mass is 9.80. The summed E-state index contributed by atoms with van der Waals surface area (Å²) in [5.41, 5.74) is 1.29. The Bertz CT molecular complexity index is 402. The third-order valence-electron chi connectivity index (χ3n) is 4.51. The Morgan fingerprint density at radius 1 is 1.30 bits per heavy atom. The van der Waals surface area contributed by atoms with Gasteiger partial charge in [-0.15, -0.1) is 0 Å². The van der Waals surface area contributed by atoms with Gasteiger partial charge in [0.05, 0.1) is 6.20 Å². The zero-order valence-corrected chi connectivity index (χ0v) is 13.6. The highest BCUT2D eigenvalue weighted by molar-refractivity contribution is 5.11. The predicted octanol–water partition coefficient (Wildman–Crippen LogP) is 2.44. The molecule has 1 aromatic heterocycles. The second kappa shape index (κ2) is 6.72. The molecule has 0 aliphatic heterocycles. The highest BCUT2D eigenvalue weighted by atomic mass is 15.2. The molecule has 0 bridgehead atoms. The molecule has 4 nitrogen and oxygen atoms in total. The Labute approximate surface area is 123 Å². The van der Waals surface area contributed by atoms with Crippen LogP contribution in [-0.4, -0.2) is 41.4 Å². The minimum Gasteiger partial charge on any atom is -0.312 e. The van der Waals surface area contributed by atoms with E-state index in [4.69, 9.17) is 0 Å². The number of nitrogens with one attached hydrogen (secondary N) is 1.